The molecule has 1 aliphatic carbocycles. The van der Waals surface area contributed by atoms with E-state index in [0.29, 0.717) is 11.9 Å². The molecule has 4 rings (SSSR count). The van der Waals surface area contributed by atoms with Gasteiger partial charge in [-0.25, -0.2) is 4.98 Å². The molecular formula is C21H26N2O3S. The SMILES string of the molecule is CO[C@@]12CCC(Oc3ccccn3)CC1N(Cc1csc(C(C)=O)c1)CC2. The number of likely N-dealkylation sites (tertiary alicyclic amines) is 1. The van der Waals surface area contributed by atoms with Gasteiger partial charge in [0.1, 0.15) is 6.10 Å². The van der Waals surface area contributed by atoms with Crippen molar-refractivity contribution in [3.63, 3.8) is 0 Å². The number of fused-ring (bicyclic) bond motifs is 1. The number of nitrogens with zero attached hydrogens (tertiary/aromatic N) is 2. The molecule has 2 fully saturated rings. The Hall–Kier alpha value is -1.76. The lowest BCUT2D eigenvalue weighted by atomic mass is 9.79. The van der Waals surface area contributed by atoms with Gasteiger partial charge in [-0.3, -0.25) is 9.69 Å². The van der Waals surface area contributed by atoms with Crippen LogP contribution in [0.2, 0.25) is 0 Å². The van der Waals surface area contributed by atoms with Crippen molar-refractivity contribution in [2.75, 3.05) is 13.7 Å². The van der Waals surface area contributed by atoms with Crippen LogP contribution in [0.25, 0.3) is 0 Å². The fraction of sp³-hybridized carbons (Fsp3) is 0.524. The number of Topliss-reactive ketones (excluding diaryl/α,β-unsaturated/α-hetero) is 1. The van der Waals surface area contributed by atoms with Gasteiger partial charge in [0.25, 0.3) is 0 Å². The van der Waals surface area contributed by atoms with Gasteiger partial charge in [0.2, 0.25) is 5.88 Å². The van der Waals surface area contributed by atoms with Crippen LogP contribution in [0.3, 0.4) is 0 Å². The highest BCUT2D eigenvalue weighted by molar-refractivity contribution is 7.12. The fourth-order valence-corrected chi connectivity index (χ4v) is 5.32. The molecule has 0 N–H and O–H groups in total. The molecule has 2 aromatic rings. The Bertz CT molecular complexity index is 794. The molecule has 27 heavy (non-hydrogen) atoms. The van der Waals surface area contributed by atoms with Crippen LogP contribution in [0, 0.1) is 0 Å². The second-order valence-corrected chi connectivity index (χ2v) is 8.47. The topological polar surface area (TPSA) is 51.7 Å². The average Bonchev–Trinajstić information content (AvgIpc) is 3.29. The molecule has 0 aromatic carbocycles. The number of carbonyl (C=O) groups is 1. The molecule has 1 aliphatic heterocycles. The number of hydrogen-bond acceptors (Lipinski definition) is 6. The normalized spacial score (nSPS) is 28.1. The largest absolute Gasteiger partial charge is 0.474 e. The van der Waals surface area contributed by atoms with E-state index in [1.807, 2.05) is 31.4 Å². The van der Waals surface area contributed by atoms with Crippen molar-refractivity contribution in [3.8, 4) is 5.88 Å². The molecule has 3 atom stereocenters. The number of rotatable bonds is 6. The van der Waals surface area contributed by atoms with Crippen molar-refractivity contribution in [1.29, 1.82) is 0 Å². The maximum absolute atomic E-state index is 11.6. The van der Waals surface area contributed by atoms with Gasteiger partial charge in [-0.1, -0.05) is 6.07 Å². The van der Waals surface area contributed by atoms with Crippen molar-refractivity contribution in [2.24, 2.45) is 0 Å². The summed E-state index contributed by atoms with van der Waals surface area (Å²) in [6.45, 7) is 3.50. The summed E-state index contributed by atoms with van der Waals surface area (Å²) < 4.78 is 12.2. The molecular weight excluding hydrogens is 360 g/mol. The van der Waals surface area contributed by atoms with E-state index in [4.69, 9.17) is 9.47 Å². The molecule has 1 saturated heterocycles. The van der Waals surface area contributed by atoms with E-state index in [9.17, 15) is 4.79 Å². The van der Waals surface area contributed by atoms with E-state index in [2.05, 4.69) is 15.3 Å². The van der Waals surface area contributed by atoms with E-state index in [0.717, 1.165) is 43.6 Å². The van der Waals surface area contributed by atoms with Crippen molar-refractivity contribution in [2.45, 2.75) is 56.9 Å². The molecule has 2 aromatic heterocycles. The Balaban J connectivity index is 1.47. The smallest absolute Gasteiger partial charge is 0.213 e. The number of ether oxygens (including phenoxy) is 2. The Morgan fingerprint density at radius 3 is 3.00 bits per heavy atom. The maximum Gasteiger partial charge on any atom is 0.213 e. The van der Waals surface area contributed by atoms with Crippen molar-refractivity contribution >= 4 is 17.1 Å². The molecule has 144 valence electrons. The van der Waals surface area contributed by atoms with E-state index in [1.165, 1.54) is 16.9 Å². The third kappa shape index (κ3) is 3.79. The van der Waals surface area contributed by atoms with Gasteiger partial charge in [0.05, 0.1) is 10.5 Å². The Kier molecular flexibility index (Phi) is 5.30. The van der Waals surface area contributed by atoms with Gasteiger partial charge >= 0.3 is 0 Å². The Morgan fingerprint density at radius 1 is 1.41 bits per heavy atom. The zero-order valence-electron chi connectivity index (χ0n) is 15.9. The first-order valence-electron chi connectivity index (χ1n) is 9.55. The molecule has 2 unspecified atom stereocenters. The second kappa shape index (κ2) is 7.70. The summed E-state index contributed by atoms with van der Waals surface area (Å²) in [5.74, 6) is 0.835. The van der Waals surface area contributed by atoms with Crippen LogP contribution >= 0.6 is 11.3 Å². The third-order valence-corrected chi connectivity index (χ3v) is 7.04. The van der Waals surface area contributed by atoms with Gasteiger partial charge in [0.15, 0.2) is 5.78 Å². The lowest BCUT2D eigenvalue weighted by Crippen LogP contribution is -2.52. The zero-order valence-corrected chi connectivity index (χ0v) is 16.7. The van der Waals surface area contributed by atoms with Crippen LogP contribution in [-0.4, -0.2) is 47.1 Å². The minimum atomic E-state index is -0.0800. The quantitative estimate of drug-likeness (QED) is 0.704. The highest BCUT2D eigenvalue weighted by atomic mass is 32.1. The zero-order chi connectivity index (χ0) is 18.9. The first kappa shape index (κ1) is 18.6. The number of ketones is 1. The minimum Gasteiger partial charge on any atom is -0.474 e. The molecule has 6 heteroatoms. The summed E-state index contributed by atoms with van der Waals surface area (Å²) in [4.78, 5) is 19.2. The van der Waals surface area contributed by atoms with Crippen molar-refractivity contribution in [3.05, 3.63) is 46.3 Å². The van der Waals surface area contributed by atoms with Crippen LogP contribution in [0.1, 0.15) is 47.8 Å². The fourth-order valence-electron chi connectivity index (χ4n) is 4.52. The van der Waals surface area contributed by atoms with Crippen LogP contribution in [0.5, 0.6) is 5.88 Å². The Morgan fingerprint density at radius 2 is 2.30 bits per heavy atom. The molecule has 0 amide bonds. The van der Waals surface area contributed by atoms with E-state index in [-0.39, 0.29) is 17.5 Å². The number of pyridine rings is 1. The monoisotopic (exact) mass is 386 g/mol. The molecule has 0 spiro atoms. The molecule has 3 heterocycles. The first-order valence-corrected chi connectivity index (χ1v) is 10.4. The number of thiophene rings is 1. The van der Waals surface area contributed by atoms with Crippen molar-refractivity contribution < 1.29 is 14.3 Å². The van der Waals surface area contributed by atoms with Crippen LogP contribution in [-0.2, 0) is 11.3 Å². The number of methoxy groups -OCH3 is 1. The lowest BCUT2D eigenvalue weighted by molar-refractivity contribution is -0.0843. The molecule has 5 nitrogen and oxygen atoms in total. The average molecular weight is 387 g/mol. The van der Waals surface area contributed by atoms with Crippen LogP contribution in [0.15, 0.2) is 35.8 Å². The van der Waals surface area contributed by atoms with Crippen LogP contribution in [0.4, 0.5) is 0 Å². The van der Waals surface area contributed by atoms with Gasteiger partial charge in [-0.05, 0) is 49.3 Å². The predicted octanol–water partition coefficient (Wildman–Crippen LogP) is 3.94. The molecule has 1 saturated carbocycles. The number of carbonyl (C=O) groups excluding carboxylic acids is 1. The van der Waals surface area contributed by atoms with E-state index < -0.39 is 0 Å². The van der Waals surface area contributed by atoms with E-state index in [1.54, 1.807) is 13.1 Å². The Labute approximate surface area is 164 Å². The third-order valence-electron chi connectivity index (χ3n) is 5.96. The highest BCUT2D eigenvalue weighted by Crippen LogP contribution is 2.43. The van der Waals surface area contributed by atoms with Crippen LogP contribution < -0.4 is 4.74 Å². The standard InChI is InChI=1S/C21H26N2O3S/c1-15(24)18-11-16(14-27-18)13-23-10-8-21(25-2)7-6-17(12-19(21)23)26-20-5-3-4-9-22-20/h3-5,9,11,14,17,19H,6-8,10,12-13H2,1-2H3/t17?,19?,21-/m1/s1. The summed E-state index contributed by atoms with van der Waals surface area (Å²) in [6, 6.07) is 8.13. The maximum atomic E-state index is 11.6. The number of aromatic nitrogens is 1. The van der Waals surface area contributed by atoms with Crippen molar-refractivity contribution in [1.82, 2.24) is 9.88 Å². The lowest BCUT2D eigenvalue weighted by Gasteiger charge is -2.43. The summed E-state index contributed by atoms with van der Waals surface area (Å²) in [6.07, 6.45) is 5.90. The summed E-state index contributed by atoms with van der Waals surface area (Å²) >= 11 is 1.54. The summed E-state index contributed by atoms with van der Waals surface area (Å²) in [7, 11) is 1.84. The second-order valence-electron chi connectivity index (χ2n) is 7.56. The number of hydrogen-bond donors (Lipinski definition) is 0. The molecule has 2 aliphatic rings. The van der Waals surface area contributed by atoms with Gasteiger partial charge < -0.3 is 9.47 Å². The summed E-state index contributed by atoms with van der Waals surface area (Å²) in [5.41, 5.74) is 1.13. The first-order chi connectivity index (χ1) is 13.1. The predicted molar refractivity (Wildman–Crippen MR) is 105 cm³/mol. The molecule has 0 radical (unpaired) electrons. The van der Waals surface area contributed by atoms with E-state index >= 15 is 0 Å². The summed E-state index contributed by atoms with van der Waals surface area (Å²) in [5, 5.41) is 2.11. The minimum absolute atomic E-state index is 0.0800. The molecule has 0 bridgehead atoms. The van der Waals surface area contributed by atoms with Gasteiger partial charge in [0, 0.05) is 44.9 Å². The van der Waals surface area contributed by atoms with Gasteiger partial charge in [-0.15, -0.1) is 11.3 Å². The highest BCUT2D eigenvalue weighted by Gasteiger charge is 2.51. The van der Waals surface area contributed by atoms with Gasteiger partial charge in [-0.2, -0.15) is 0 Å².